The molecule has 0 aromatic heterocycles. The average molecular weight is 200 g/mol. The van der Waals surface area contributed by atoms with Crippen LogP contribution in [0.2, 0.25) is 0 Å². The summed E-state index contributed by atoms with van der Waals surface area (Å²) in [5.41, 5.74) is 4.74. The van der Waals surface area contributed by atoms with Gasteiger partial charge in [0.2, 0.25) is 5.91 Å². The molecule has 0 aliphatic carbocycles. The van der Waals surface area contributed by atoms with E-state index in [2.05, 4.69) is 10.6 Å². The molecule has 1 saturated heterocycles. The second kappa shape index (κ2) is 4.39. The molecule has 0 aromatic carbocycles. The minimum absolute atomic E-state index is 0.0605. The molecule has 14 heavy (non-hydrogen) atoms. The molecule has 0 bridgehead atoms. The van der Waals surface area contributed by atoms with Crippen molar-refractivity contribution in [1.82, 2.24) is 16.0 Å². The van der Waals surface area contributed by atoms with Crippen molar-refractivity contribution in [3.63, 3.8) is 0 Å². The zero-order valence-electron chi connectivity index (χ0n) is 8.22. The predicted molar refractivity (Wildman–Crippen MR) is 51.6 cm³/mol. The topological polar surface area (TPSA) is 96.2 Å². The Morgan fingerprint density at radius 3 is 2.79 bits per heavy atom. The van der Waals surface area contributed by atoms with Crippen molar-refractivity contribution in [3.05, 3.63) is 0 Å². The van der Waals surface area contributed by atoms with Gasteiger partial charge < -0.3 is 16.4 Å². The number of hydrogen-bond acceptors (Lipinski definition) is 4. The van der Waals surface area contributed by atoms with E-state index in [1.807, 2.05) is 12.2 Å². The minimum Gasteiger partial charge on any atom is -0.351 e. The number of rotatable bonds is 3. The Morgan fingerprint density at radius 1 is 1.57 bits per heavy atom. The summed E-state index contributed by atoms with van der Waals surface area (Å²) in [4.78, 5) is 21.4. The van der Waals surface area contributed by atoms with E-state index in [-0.39, 0.29) is 12.1 Å². The molecular formula is C8H16N4O2. The van der Waals surface area contributed by atoms with E-state index in [1.54, 1.807) is 0 Å². The van der Waals surface area contributed by atoms with Gasteiger partial charge in [0.15, 0.2) is 0 Å². The molecule has 80 valence electrons. The van der Waals surface area contributed by atoms with Crippen molar-refractivity contribution < 1.29 is 9.59 Å². The highest BCUT2D eigenvalue weighted by Gasteiger charge is 2.28. The lowest BCUT2D eigenvalue weighted by Gasteiger charge is -2.23. The first-order valence-electron chi connectivity index (χ1n) is 4.57. The van der Waals surface area contributed by atoms with E-state index >= 15 is 0 Å². The van der Waals surface area contributed by atoms with Crippen LogP contribution in [0.5, 0.6) is 0 Å². The maximum absolute atomic E-state index is 11.1. The number of urea groups is 1. The number of carbonyl (C=O) groups is 2. The molecule has 6 nitrogen and oxygen atoms in total. The lowest BCUT2D eigenvalue weighted by Crippen LogP contribution is -2.50. The number of imide groups is 1. The third-order valence-electron chi connectivity index (χ3n) is 2.31. The molecule has 1 aliphatic rings. The Morgan fingerprint density at radius 2 is 2.29 bits per heavy atom. The maximum atomic E-state index is 11.1. The second-order valence-corrected chi connectivity index (χ2v) is 3.75. The summed E-state index contributed by atoms with van der Waals surface area (Å²) in [6.07, 6.45) is 0.969. The summed E-state index contributed by atoms with van der Waals surface area (Å²) in [6, 6.07) is -0.813. The minimum atomic E-state index is -0.813. The van der Waals surface area contributed by atoms with Gasteiger partial charge in [-0.3, -0.25) is 10.1 Å². The van der Waals surface area contributed by atoms with Gasteiger partial charge in [-0.1, -0.05) is 0 Å². The predicted octanol–water partition coefficient (Wildman–Crippen LogP) is -1.48. The van der Waals surface area contributed by atoms with Crippen LogP contribution in [0.15, 0.2) is 0 Å². The lowest BCUT2D eigenvalue weighted by atomic mass is 10.0. The van der Waals surface area contributed by atoms with Gasteiger partial charge in [0.05, 0.1) is 6.54 Å². The summed E-state index contributed by atoms with van der Waals surface area (Å²) in [7, 11) is 0. The zero-order valence-corrected chi connectivity index (χ0v) is 8.22. The number of nitrogens with one attached hydrogen (secondary N) is 3. The largest absolute Gasteiger partial charge is 0.351 e. The molecule has 1 rings (SSSR count). The highest BCUT2D eigenvalue weighted by Crippen LogP contribution is 2.12. The number of hydrogen-bond donors (Lipinski definition) is 4. The fourth-order valence-electron chi connectivity index (χ4n) is 1.44. The second-order valence-electron chi connectivity index (χ2n) is 3.75. The van der Waals surface area contributed by atoms with Crippen molar-refractivity contribution in [3.8, 4) is 0 Å². The van der Waals surface area contributed by atoms with Gasteiger partial charge in [0.1, 0.15) is 0 Å². The van der Waals surface area contributed by atoms with Gasteiger partial charge in [-0.2, -0.15) is 0 Å². The third kappa shape index (κ3) is 3.31. The molecule has 0 spiro atoms. The smallest absolute Gasteiger partial charge is 0.318 e. The van der Waals surface area contributed by atoms with Crippen LogP contribution in [0.4, 0.5) is 4.79 Å². The monoisotopic (exact) mass is 200 g/mol. The van der Waals surface area contributed by atoms with E-state index in [9.17, 15) is 9.59 Å². The van der Waals surface area contributed by atoms with Gasteiger partial charge in [-0.25, -0.2) is 4.79 Å². The van der Waals surface area contributed by atoms with Crippen LogP contribution in [-0.2, 0) is 4.79 Å². The Balaban J connectivity index is 2.25. The van der Waals surface area contributed by atoms with Crippen LogP contribution >= 0.6 is 0 Å². The third-order valence-corrected chi connectivity index (χ3v) is 2.31. The molecule has 6 heteroatoms. The van der Waals surface area contributed by atoms with Gasteiger partial charge >= 0.3 is 6.03 Å². The van der Waals surface area contributed by atoms with E-state index in [1.165, 1.54) is 0 Å². The molecule has 1 aliphatic heterocycles. The number of amides is 3. The van der Waals surface area contributed by atoms with Crippen LogP contribution in [0.1, 0.15) is 13.3 Å². The Bertz CT molecular complexity index is 235. The summed E-state index contributed by atoms with van der Waals surface area (Å²) in [6.45, 7) is 3.92. The van der Waals surface area contributed by atoms with Gasteiger partial charge in [-0.05, 0) is 19.9 Å². The van der Waals surface area contributed by atoms with Crippen molar-refractivity contribution in [2.24, 2.45) is 5.73 Å². The summed E-state index contributed by atoms with van der Waals surface area (Å²) in [5, 5.41) is 8.27. The Hall–Kier alpha value is -1.14. The summed E-state index contributed by atoms with van der Waals surface area (Å²) < 4.78 is 0. The molecule has 0 aromatic rings. The van der Waals surface area contributed by atoms with E-state index in [4.69, 9.17) is 5.73 Å². The van der Waals surface area contributed by atoms with Crippen LogP contribution in [-0.4, -0.2) is 37.1 Å². The maximum Gasteiger partial charge on any atom is 0.318 e. The fourth-order valence-corrected chi connectivity index (χ4v) is 1.44. The molecule has 5 N–H and O–H groups in total. The first-order chi connectivity index (χ1) is 6.52. The molecule has 1 fully saturated rings. The first kappa shape index (κ1) is 10.9. The lowest BCUT2D eigenvalue weighted by molar-refractivity contribution is -0.119. The Labute approximate surface area is 82.6 Å². The van der Waals surface area contributed by atoms with Crippen LogP contribution in [0.25, 0.3) is 0 Å². The summed E-state index contributed by atoms with van der Waals surface area (Å²) >= 11 is 0. The van der Waals surface area contributed by atoms with Crippen LogP contribution in [0.3, 0.4) is 0 Å². The molecular weight excluding hydrogens is 184 g/mol. The number of primary amides is 1. The zero-order chi connectivity index (χ0) is 10.6. The summed E-state index contributed by atoms with van der Waals surface area (Å²) in [5.74, 6) is -0.398. The molecule has 1 atom stereocenters. The van der Waals surface area contributed by atoms with Gasteiger partial charge in [0.25, 0.3) is 0 Å². The fraction of sp³-hybridized carbons (Fsp3) is 0.750. The van der Waals surface area contributed by atoms with Crippen LogP contribution in [0, 0.1) is 0 Å². The quantitative estimate of drug-likeness (QED) is 0.447. The van der Waals surface area contributed by atoms with Crippen molar-refractivity contribution >= 4 is 11.9 Å². The first-order valence-corrected chi connectivity index (χ1v) is 4.57. The Kier molecular flexibility index (Phi) is 3.43. The van der Waals surface area contributed by atoms with Crippen molar-refractivity contribution in [2.75, 3.05) is 19.6 Å². The molecule has 0 saturated carbocycles. The van der Waals surface area contributed by atoms with E-state index in [0.29, 0.717) is 0 Å². The highest BCUT2D eigenvalue weighted by atomic mass is 16.2. The van der Waals surface area contributed by atoms with E-state index in [0.717, 1.165) is 19.5 Å². The molecule has 3 amide bonds. The van der Waals surface area contributed by atoms with Gasteiger partial charge in [-0.15, -0.1) is 0 Å². The normalized spacial score (nSPS) is 26.1. The van der Waals surface area contributed by atoms with E-state index < -0.39 is 11.9 Å². The standard InChI is InChI=1S/C8H16N4O2/c1-8(2-3-10-5-8)11-4-6(13)12-7(9)14/h10-11H,2-5H2,1H3,(H3,9,12,13,14). The highest BCUT2D eigenvalue weighted by molar-refractivity contribution is 5.94. The molecule has 1 heterocycles. The number of nitrogens with two attached hydrogens (primary N) is 1. The average Bonchev–Trinajstić information content (AvgIpc) is 2.49. The SMILES string of the molecule is CC1(NCC(=O)NC(N)=O)CCNC1. The van der Waals surface area contributed by atoms with Crippen molar-refractivity contribution in [1.29, 1.82) is 0 Å². The number of carbonyl (C=O) groups excluding carboxylic acids is 2. The molecule has 1 unspecified atom stereocenters. The molecule has 0 radical (unpaired) electrons. The van der Waals surface area contributed by atoms with Crippen molar-refractivity contribution in [2.45, 2.75) is 18.9 Å². The van der Waals surface area contributed by atoms with Crippen LogP contribution < -0.4 is 21.7 Å². The van der Waals surface area contributed by atoms with Gasteiger partial charge in [0, 0.05) is 12.1 Å².